The van der Waals surface area contributed by atoms with Gasteiger partial charge in [0.15, 0.2) is 0 Å². The second-order valence-corrected chi connectivity index (χ2v) is 6.04. The quantitative estimate of drug-likeness (QED) is 0.712. The van der Waals surface area contributed by atoms with Gasteiger partial charge in [-0.15, -0.1) is 0 Å². The van der Waals surface area contributed by atoms with E-state index in [1.807, 2.05) is 19.2 Å². The van der Waals surface area contributed by atoms with Gasteiger partial charge >= 0.3 is 0 Å². The van der Waals surface area contributed by atoms with Crippen molar-refractivity contribution in [3.05, 3.63) is 34.1 Å². The van der Waals surface area contributed by atoms with Crippen molar-refractivity contribution in [2.45, 2.75) is 52.0 Å². The second-order valence-electron chi connectivity index (χ2n) is 5.19. The summed E-state index contributed by atoms with van der Waals surface area (Å²) in [5, 5.41) is 3.45. The van der Waals surface area contributed by atoms with Gasteiger partial charge in [-0.05, 0) is 65.9 Å². The van der Waals surface area contributed by atoms with Gasteiger partial charge in [0.2, 0.25) is 0 Å². The number of rotatable bonds is 8. The highest BCUT2D eigenvalue weighted by molar-refractivity contribution is 9.10. The van der Waals surface area contributed by atoms with E-state index in [0.29, 0.717) is 16.4 Å². The van der Waals surface area contributed by atoms with Crippen LogP contribution in [0.1, 0.15) is 45.1 Å². The maximum Gasteiger partial charge on any atom is 0.137 e. The largest absolute Gasteiger partial charge is 0.316 e. The van der Waals surface area contributed by atoms with Gasteiger partial charge in [0, 0.05) is 6.04 Å². The summed E-state index contributed by atoms with van der Waals surface area (Å²) in [7, 11) is 2.03. The van der Waals surface area contributed by atoms with E-state index in [2.05, 4.69) is 35.1 Å². The van der Waals surface area contributed by atoms with Crippen LogP contribution in [-0.2, 0) is 6.42 Å². The Labute approximate surface area is 125 Å². The molecule has 3 heteroatoms. The zero-order valence-electron chi connectivity index (χ0n) is 12.2. The van der Waals surface area contributed by atoms with Crippen LogP contribution >= 0.6 is 15.9 Å². The fourth-order valence-electron chi connectivity index (χ4n) is 2.71. The Morgan fingerprint density at radius 1 is 1.21 bits per heavy atom. The zero-order valence-corrected chi connectivity index (χ0v) is 13.8. The molecule has 0 radical (unpaired) electrons. The van der Waals surface area contributed by atoms with E-state index in [0.717, 1.165) is 6.42 Å². The molecule has 1 N–H and O–H groups in total. The summed E-state index contributed by atoms with van der Waals surface area (Å²) in [6.45, 7) is 4.48. The minimum Gasteiger partial charge on any atom is -0.316 e. The lowest BCUT2D eigenvalue weighted by atomic mass is 9.87. The predicted octanol–water partition coefficient (Wildman–Crippen LogP) is 4.94. The maximum atomic E-state index is 13.3. The van der Waals surface area contributed by atoms with Crippen LogP contribution in [0.5, 0.6) is 0 Å². The Bertz CT molecular complexity index is 375. The van der Waals surface area contributed by atoms with Gasteiger partial charge in [0.25, 0.3) is 0 Å². The van der Waals surface area contributed by atoms with Crippen LogP contribution in [-0.4, -0.2) is 13.1 Å². The minimum atomic E-state index is -0.191. The molecular formula is C16H25BrFN. The van der Waals surface area contributed by atoms with Crippen molar-refractivity contribution in [2.24, 2.45) is 5.92 Å². The lowest BCUT2D eigenvalue weighted by molar-refractivity contribution is 0.322. The van der Waals surface area contributed by atoms with Gasteiger partial charge in [0.05, 0.1) is 4.47 Å². The summed E-state index contributed by atoms with van der Waals surface area (Å²) in [5.41, 5.74) is 1.19. The van der Waals surface area contributed by atoms with Gasteiger partial charge in [0.1, 0.15) is 5.82 Å². The zero-order chi connectivity index (χ0) is 14.3. The molecule has 0 spiro atoms. The molecule has 0 amide bonds. The topological polar surface area (TPSA) is 12.0 Å². The SMILES string of the molecule is CCCC(CCC)C(Cc1ccc(F)c(Br)c1)NC. The molecular weight excluding hydrogens is 305 g/mol. The Morgan fingerprint density at radius 3 is 2.32 bits per heavy atom. The molecule has 1 aromatic rings. The molecule has 0 aliphatic rings. The highest BCUT2D eigenvalue weighted by atomic mass is 79.9. The molecule has 0 aliphatic carbocycles. The lowest BCUT2D eigenvalue weighted by Crippen LogP contribution is -2.35. The van der Waals surface area contributed by atoms with E-state index < -0.39 is 0 Å². The van der Waals surface area contributed by atoms with Crippen molar-refractivity contribution in [1.82, 2.24) is 5.32 Å². The molecule has 0 heterocycles. The lowest BCUT2D eigenvalue weighted by Gasteiger charge is -2.26. The van der Waals surface area contributed by atoms with E-state index in [9.17, 15) is 4.39 Å². The van der Waals surface area contributed by atoms with Crippen molar-refractivity contribution < 1.29 is 4.39 Å². The molecule has 0 saturated carbocycles. The second kappa shape index (κ2) is 8.70. The first-order valence-electron chi connectivity index (χ1n) is 7.23. The fraction of sp³-hybridized carbons (Fsp3) is 0.625. The molecule has 1 atom stereocenters. The average Bonchev–Trinajstić information content (AvgIpc) is 2.40. The summed E-state index contributed by atoms with van der Waals surface area (Å²) in [6, 6.07) is 5.80. The Kier molecular flexibility index (Phi) is 7.62. The van der Waals surface area contributed by atoms with Crippen LogP contribution in [0.15, 0.2) is 22.7 Å². The summed E-state index contributed by atoms with van der Waals surface area (Å²) in [4.78, 5) is 0. The van der Waals surface area contributed by atoms with Gasteiger partial charge < -0.3 is 5.32 Å². The molecule has 0 bridgehead atoms. The third kappa shape index (κ3) is 5.23. The van der Waals surface area contributed by atoms with Crippen molar-refractivity contribution in [3.63, 3.8) is 0 Å². The Hall–Kier alpha value is -0.410. The number of hydrogen-bond donors (Lipinski definition) is 1. The van der Waals surface area contributed by atoms with E-state index in [1.54, 1.807) is 6.07 Å². The van der Waals surface area contributed by atoms with Crippen molar-refractivity contribution in [3.8, 4) is 0 Å². The first-order chi connectivity index (χ1) is 9.12. The smallest absolute Gasteiger partial charge is 0.137 e. The fourth-order valence-corrected chi connectivity index (χ4v) is 3.14. The van der Waals surface area contributed by atoms with Crippen molar-refractivity contribution in [1.29, 1.82) is 0 Å². The van der Waals surface area contributed by atoms with Crippen molar-refractivity contribution >= 4 is 15.9 Å². The van der Waals surface area contributed by atoms with Crippen molar-refractivity contribution in [2.75, 3.05) is 7.05 Å². The first-order valence-corrected chi connectivity index (χ1v) is 8.02. The third-order valence-electron chi connectivity index (χ3n) is 3.70. The van der Waals surface area contributed by atoms with Crippen LogP contribution < -0.4 is 5.32 Å². The summed E-state index contributed by atoms with van der Waals surface area (Å²) >= 11 is 3.26. The Morgan fingerprint density at radius 2 is 1.84 bits per heavy atom. The maximum absolute atomic E-state index is 13.3. The van der Waals surface area contributed by atoms with Gasteiger partial charge in [-0.1, -0.05) is 32.8 Å². The van der Waals surface area contributed by atoms with E-state index in [-0.39, 0.29) is 5.82 Å². The van der Waals surface area contributed by atoms with Gasteiger partial charge in [-0.25, -0.2) is 4.39 Å². The minimum absolute atomic E-state index is 0.191. The molecule has 0 aliphatic heterocycles. The van der Waals surface area contributed by atoms with Crippen LogP contribution in [0, 0.1) is 11.7 Å². The van der Waals surface area contributed by atoms with E-state index in [4.69, 9.17) is 0 Å². The number of nitrogens with one attached hydrogen (secondary N) is 1. The highest BCUT2D eigenvalue weighted by Gasteiger charge is 2.19. The summed E-state index contributed by atoms with van der Waals surface area (Å²) in [5.74, 6) is 0.507. The van der Waals surface area contributed by atoms with Gasteiger partial charge in [-0.2, -0.15) is 0 Å². The summed E-state index contributed by atoms with van der Waals surface area (Å²) in [6.07, 6.45) is 5.90. The molecule has 1 nitrogen and oxygen atoms in total. The highest BCUT2D eigenvalue weighted by Crippen LogP contribution is 2.23. The molecule has 1 aromatic carbocycles. The standard InChI is InChI=1S/C16H25BrFN/c1-4-6-13(7-5-2)16(19-3)11-12-8-9-15(18)14(17)10-12/h8-10,13,16,19H,4-7,11H2,1-3H3. The predicted molar refractivity (Wildman–Crippen MR) is 84.0 cm³/mol. The molecule has 1 unspecified atom stereocenters. The molecule has 108 valence electrons. The third-order valence-corrected chi connectivity index (χ3v) is 4.31. The Balaban J connectivity index is 2.75. The summed E-state index contributed by atoms with van der Waals surface area (Å²) < 4.78 is 13.8. The van der Waals surface area contributed by atoms with E-state index in [1.165, 1.54) is 31.2 Å². The number of benzene rings is 1. The molecule has 19 heavy (non-hydrogen) atoms. The van der Waals surface area contributed by atoms with Crippen LogP contribution in [0.3, 0.4) is 0 Å². The monoisotopic (exact) mass is 329 g/mol. The molecule has 0 saturated heterocycles. The molecule has 0 fully saturated rings. The first kappa shape index (κ1) is 16.6. The molecule has 0 aromatic heterocycles. The number of hydrogen-bond acceptors (Lipinski definition) is 1. The molecule has 1 rings (SSSR count). The van der Waals surface area contributed by atoms with Crippen LogP contribution in [0.2, 0.25) is 0 Å². The average molecular weight is 330 g/mol. The van der Waals surface area contributed by atoms with E-state index >= 15 is 0 Å². The van der Waals surface area contributed by atoms with Gasteiger partial charge in [-0.3, -0.25) is 0 Å². The van der Waals surface area contributed by atoms with Crippen LogP contribution in [0.25, 0.3) is 0 Å². The van der Waals surface area contributed by atoms with Crippen LogP contribution in [0.4, 0.5) is 4.39 Å². The number of halogens is 2. The number of likely N-dealkylation sites (N-methyl/N-ethyl adjacent to an activating group) is 1. The normalized spacial score (nSPS) is 12.9.